The van der Waals surface area contributed by atoms with E-state index in [4.69, 9.17) is 4.74 Å². The maximum absolute atomic E-state index is 13.3. The standard InChI is InChI=1S/C26H27N5O3/c1-29-23-12-13-30(16-19-6-4-3-5-7-19)17-22(23)26(33)31-25(29)21(15-28-31)24(32)27-14-18-8-10-20(34-2)11-9-18/h3-11,15H,12-14,16-17H2,1-2H3,(H,27,32). The Morgan fingerprint density at radius 3 is 2.59 bits per heavy atom. The lowest BCUT2D eigenvalue weighted by Crippen LogP contribution is -2.38. The molecule has 0 atom stereocenters. The van der Waals surface area contributed by atoms with Gasteiger partial charge in [0.1, 0.15) is 11.3 Å². The summed E-state index contributed by atoms with van der Waals surface area (Å²) in [4.78, 5) is 28.6. The number of fused-ring (bicyclic) bond motifs is 2. The largest absolute Gasteiger partial charge is 0.497 e. The Kier molecular flexibility index (Phi) is 5.90. The van der Waals surface area contributed by atoms with E-state index in [0.717, 1.165) is 42.1 Å². The first-order valence-corrected chi connectivity index (χ1v) is 11.3. The third-order valence-electron chi connectivity index (χ3n) is 6.42. The van der Waals surface area contributed by atoms with Gasteiger partial charge in [-0.1, -0.05) is 42.5 Å². The van der Waals surface area contributed by atoms with Crippen LogP contribution in [0.5, 0.6) is 5.75 Å². The molecular formula is C26H27N5O3. The fourth-order valence-corrected chi connectivity index (χ4v) is 4.60. The molecule has 0 unspecified atom stereocenters. The van der Waals surface area contributed by atoms with Gasteiger partial charge >= 0.3 is 0 Å². The van der Waals surface area contributed by atoms with Crippen molar-refractivity contribution in [3.63, 3.8) is 0 Å². The van der Waals surface area contributed by atoms with Crippen LogP contribution < -0.4 is 15.6 Å². The monoisotopic (exact) mass is 457 g/mol. The quantitative estimate of drug-likeness (QED) is 0.481. The highest BCUT2D eigenvalue weighted by atomic mass is 16.5. The summed E-state index contributed by atoms with van der Waals surface area (Å²) in [7, 11) is 3.52. The van der Waals surface area contributed by atoms with E-state index >= 15 is 0 Å². The molecule has 3 heterocycles. The fraction of sp³-hybridized carbons (Fsp3) is 0.269. The molecule has 0 bridgehead atoms. The highest BCUT2D eigenvalue weighted by Crippen LogP contribution is 2.21. The number of amides is 1. The molecule has 1 amide bonds. The number of nitrogens with zero attached hydrogens (tertiary/aromatic N) is 4. The predicted octanol–water partition coefficient (Wildman–Crippen LogP) is 2.53. The normalized spacial score (nSPS) is 13.6. The van der Waals surface area contributed by atoms with Crippen LogP contribution in [0.1, 0.15) is 32.7 Å². The van der Waals surface area contributed by atoms with Crippen molar-refractivity contribution in [3.8, 4) is 5.75 Å². The zero-order valence-corrected chi connectivity index (χ0v) is 19.3. The van der Waals surface area contributed by atoms with Crippen LogP contribution in [0.3, 0.4) is 0 Å². The van der Waals surface area contributed by atoms with Gasteiger partial charge < -0.3 is 14.6 Å². The molecule has 2 aromatic heterocycles. The lowest BCUT2D eigenvalue weighted by atomic mass is 10.1. The molecular weight excluding hydrogens is 430 g/mol. The molecule has 5 rings (SSSR count). The number of carbonyl (C=O) groups is 1. The Morgan fingerprint density at radius 2 is 1.85 bits per heavy atom. The van der Waals surface area contributed by atoms with Crippen LogP contribution in [-0.4, -0.2) is 38.6 Å². The number of aromatic nitrogens is 3. The molecule has 1 aliphatic heterocycles. The van der Waals surface area contributed by atoms with Crippen LogP contribution in [0.15, 0.2) is 65.6 Å². The van der Waals surface area contributed by atoms with Crippen LogP contribution in [0, 0.1) is 0 Å². The number of carbonyl (C=O) groups excluding carboxylic acids is 1. The minimum atomic E-state index is -0.262. The van der Waals surface area contributed by atoms with Gasteiger partial charge in [0.15, 0.2) is 5.65 Å². The summed E-state index contributed by atoms with van der Waals surface area (Å²) < 4.78 is 8.48. The second-order valence-corrected chi connectivity index (χ2v) is 8.56. The van der Waals surface area contributed by atoms with E-state index in [2.05, 4.69) is 27.4 Å². The zero-order chi connectivity index (χ0) is 23.7. The maximum atomic E-state index is 13.3. The van der Waals surface area contributed by atoms with Crippen molar-refractivity contribution in [2.45, 2.75) is 26.1 Å². The molecule has 4 aromatic rings. The average molecular weight is 458 g/mol. The van der Waals surface area contributed by atoms with Gasteiger partial charge in [-0.3, -0.25) is 14.5 Å². The first kappa shape index (κ1) is 21.9. The molecule has 0 radical (unpaired) electrons. The first-order chi connectivity index (χ1) is 16.5. The van der Waals surface area contributed by atoms with E-state index in [0.29, 0.717) is 24.3 Å². The van der Waals surface area contributed by atoms with Gasteiger partial charge in [-0.05, 0) is 23.3 Å². The summed E-state index contributed by atoms with van der Waals surface area (Å²) in [5.74, 6) is 0.502. The van der Waals surface area contributed by atoms with Gasteiger partial charge in [0.2, 0.25) is 0 Å². The van der Waals surface area contributed by atoms with E-state index in [-0.39, 0.29) is 11.5 Å². The number of methoxy groups -OCH3 is 1. The van der Waals surface area contributed by atoms with Gasteiger partial charge in [0, 0.05) is 45.3 Å². The molecule has 0 saturated heterocycles. The smallest absolute Gasteiger partial charge is 0.279 e. The second kappa shape index (κ2) is 9.15. The van der Waals surface area contributed by atoms with E-state index in [1.165, 1.54) is 16.3 Å². The first-order valence-electron chi connectivity index (χ1n) is 11.3. The van der Waals surface area contributed by atoms with Gasteiger partial charge in [0.25, 0.3) is 11.5 Å². The second-order valence-electron chi connectivity index (χ2n) is 8.56. The number of hydrogen-bond acceptors (Lipinski definition) is 5. The number of rotatable bonds is 6. The summed E-state index contributed by atoms with van der Waals surface area (Å²) in [5.41, 5.74) is 4.64. The molecule has 34 heavy (non-hydrogen) atoms. The average Bonchev–Trinajstić information content (AvgIpc) is 3.33. The van der Waals surface area contributed by atoms with Crippen molar-refractivity contribution >= 4 is 11.6 Å². The SMILES string of the molecule is COc1ccc(CNC(=O)c2cnn3c(=O)c4c(n(C)c23)CCN(Cc2ccccc2)C4)cc1. The molecule has 2 aromatic carbocycles. The zero-order valence-electron chi connectivity index (χ0n) is 19.3. The number of nitrogens with one attached hydrogen (secondary N) is 1. The highest BCUT2D eigenvalue weighted by Gasteiger charge is 2.26. The van der Waals surface area contributed by atoms with Crippen LogP contribution in [0.25, 0.3) is 5.65 Å². The molecule has 0 aliphatic carbocycles. The molecule has 1 N–H and O–H groups in total. The van der Waals surface area contributed by atoms with Gasteiger partial charge in [-0.2, -0.15) is 9.61 Å². The van der Waals surface area contributed by atoms with Crippen LogP contribution in [0.2, 0.25) is 0 Å². The van der Waals surface area contributed by atoms with Crippen LogP contribution >= 0.6 is 0 Å². The predicted molar refractivity (Wildman–Crippen MR) is 129 cm³/mol. The Balaban J connectivity index is 1.39. The van der Waals surface area contributed by atoms with Crippen LogP contribution in [-0.2, 0) is 33.1 Å². The Labute approximate surface area is 197 Å². The number of ether oxygens (including phenoxy) is 1. The molecule has 0 saturated carbocycles. The lowest BCUT2D eigenvalue weighted by Gasteiger charge is -2.29. The van der Waals surface area contributed by atoms with E-state index < -0.39 is 0 Å². The maximum Gasteiger partial charge on any atom is 0.279 e. The number of aryl methyl sites for hydroxylation is 1. The minimum absolute atomic E-state index is 0.157. The molecule has 174 valence electrons. The third kappa shape index (κ3) is 4.08. The summed E-state index contributed by atoms with van der Waals surface area (Å²) in [5, 5.41) is 7.22. The molecule has 8 nitrogen and oxygen atoms in total. The Bertz CT molecular complexity index is 1390. The minimum Gasteiger partial charge on any atom is -0.497 e. The Hall–Kier alpha value is -3.91. The van der Waals surface area contributed by atoms with Crippen molar-refractivity contribution in [2.24, 2.45) is 7.05 Å². The van der Waals surface area contributed by atoms with E-state index in [1.807, 2.05) is 54.1 Å². The van der Waals surface area contributed by atoms with E-state index in [9.17, 15) is 9.59 Å². The van der Waals surface area contributed by atoms with Gasteiger partial charge in [-0.25, -0.2) is 0 Å². The van der Waals surface area contributed by atoms with Crippen molar-refractivity contribution in [3.05, 3.63) is 99.1 Å². The van der Waals surface area contributed by atoms with Crippen LogP contribution in [0.4, 0.5) is 0 Å². The van der Waals surface area contributed by atoms with Gasteiger partial charge in [-0.15, -0.1) is 0 Å². The number of benzene rings is 2. The van der Waals surface area contributed by atoms with E-state index in [1.54, 1.807) is 7.11 Å². The lowest BCUT2D eigenvalue weighted by molar-refractivity contribution is 0.0952. The highest BCUT2D eigenvalue weighted by molar-refractivity contribution is 5.99. The topological polar surface area (TPSA) is 80.9 Å². The molecule has 0 spiro atoms. The van der Waals surface area contributed by atoms with Crippen molar-refractivity contribution in [1.29, 1.82) is 0 Å². The van der Waals surface area contributed by atoms with Crippen molar-refractivity contribution in [1.82, 2.24) is 24.4 Å². The van der Waals surface area contributed by atoms with Gasteiger partial charge in [0.05, 0.1) is 18.9 Å². The Morgan fingerprint density at radius 1 is 1.09 bits per heavy atom. The third-order valence-corrected chi connectivity index (χ3v) is 6.42. The molecule has 0 fully saturated rings. The summed E-state index contributed by atoms with van der Waals surface area (Å²) in [6.07, 6.45) is 2.22. The van der Waals surface area contributed by atoms with Crippen molar-refractivity contribution < 1.29 is 9.53 Å². The summed E-state index contributed by atoms with van der Waals surface area (Å²) >= 11 is 0. The summed E-state index contributed by atoms with van der Waals surface area (Å²) in [6, 6.07) is 17.8. The molecule has 1 aliphatic rings. The number of hydrogen-bond donors (Lipinski definition) is 1. The fourth-order valence-electron chi connectivity index (χ4n) is 4.60. The van der Waals surface area contributed by atoms with Crippen molar-refractivity contribution in [2.75, 3.05) is 13.7 Å². The summed E-state index contributed by atoms with van der Waals surface area (Å²) in [6.45, 7) is 2.57. The molecule has 8 heteroatoms.